The molecule has 0 aromatic heterocycles. The van der Waals surface area contributed by atoms with Gasteiger partial charge in [-0.3, -0.25) is 10.1 Å². The van der Waals surface area contributed by atoms with Crippen LogP contribution < -0.4 is 0 Å². The lowest BCUT2D eigenvalue weighted by Crippen LogP contribution is -2.39. The Morgan fingerprint density at radius 1 is 1.47 bits per heavy atom. The lowest BCUT2D eigenvalue weighted by molar-refractivity contribution is -0.505. The van der Waals surface area contributed by atoms with Crippen LogP contribution in [-0.2, 0) is 0 Å². The van der Waals surface area contributed by atoms with Gasteiger partial charge in [0, 0.05) is 31.4 Å². The number of unbranched alkanes of at least 4 members (excludes halogenated alkanes) is 1. The van der Waals surface area contributed by atoms with Gasteiger partial charge in [-0.2, -0.15) is 5.10 Å². The summed E-state index contributed by atoms with van der Waals surface area (Å²) in [5.41, 5.74) is 0.779. The molecular weight excluding hydrogens is 242 g/mol. The van der Waals surface area contributed by atoms with Gasteiger partial charge in [-0.15, -0.1) is 0 Å². The highest BCUT2D eigenvalue weighted by Crippen LogP contribution is 2.28. The van der Waals surface area contributed by atoms with Crippen LogP contribution in [-0.4, -0.2) is 35.8 Å². The zero-order valence-corrected chi connectivity index (χ0v) is 12.2. The summed E-state index contributed by atoms with van der Waals surface area (Å²) in [4.78, 5) is 11.0. The van der Waals surface area contributed by atoms with Crippen LogP contribution in [0.3, 0.4) is 0 Å². The monoisotopic (exact) mass is 267 g/mol. The van der Waals surface area contributed by atoms with E-state index in [1.165, 1.54) is 0 Å². The zero-order valence-electron chi connectivity index (χ0n) is 12.2. The van der Waals surface area contributed by atoms with E-state index in [1.807, 2.05) is 21.0 Å². The molecule has 19 heavy (non-hydrogen) atoms. The van der Waals surface area contributed by atoms with Crippen LogP contribution in [0, 0.1) is 16.0 Å². The number of nitrogens with zero attached hydrogens (tertiary/aromatic N) is 3. The van der Waals surface area contributed by atoms with Gasteiger partial charge in [0.15, 0.2) is 0 Å². The molecule has 2 unspecified atom stereocenters. The Labute approximate surface area is 115 Å². The molecule has 5 heteroatoms. The minimum atomic E-state index is -0.581. The Hall–Kier alpha value is -1.39. The van der Waals surface area contributed by atoms with Crippen LogP contribution in [0.15, 0.2) is 17.3 Å². The van der Waals surface area contributed by atoms with Crippen molar-refractivity contribution >= 4 is 5.71 Å². The van der Waals surface area contributed by atoms with E-state index in [-0.39, 0.29) is 10.8 Å². The quantitative estimate of drug-likeness (QED) is 0.321. The summed E-state index contributed by atoms with van der Waals surface area (Å²) >= 11 is 0. The molecule has 0 bridgehead atoms. The normalized spacial score (nSPS) is 25.9. The number of nitro groups is 1. The summed E-state index contributed by atoms with van der Waals surface area (Å²) in [7, 11) is 3.66. The summed E-state index contributed by atoms with van der Waals surface area (Å²) in [6.07, 6.45) is 9.93. The van der Waals surface area contributed by atoms with Crippen molar-refractivity contribution in [3.63, 3.8) is 0 Å². The first-order valence-electron chi connectivity index (χ1n) is 7.06. The minimum absolute atomic E-state index is 0.166. The van der Waals surface area contributed by atoms with Gasteiger partial charge in [0.25, 0.3) is 6.04 Å². The average Bonchev–Trinajstić information content (AvgIpc) is 2.35. The molecule has 1 rings (SSSR count). The van der Waals surface area contributed by atoms with E-state index in [4.69, 9.17) is 0 Å². The maximum absolute atomic E-state index is 11.2. The predicted octanol–water partition coefficient (Wildman–Crippen LogP) is 3.10. The van der Waals surface area contributed by atoms with Gasteiger partial charge in [-0.25, -0.2) is 0 Å². The maximum Gasteiger partial charge on any atom is 0.252 e. The van der Waals surface area contributed by atoms with E-state index >= 15 is 0 Å². The highest BCUT2D eigenvalue weighted by atomic mass is 16.6. The third-order valence-corrected chi connectivity index (χ3v) is 3.52. The van der Waals surface area contributed by atoms with Crippen LogP contribution in [0.5, 0.6) is 0 Å². The topological polar surface area (TPSA) is 58.7 Å². The van der Waals surface area contributed by atoms with Crippen LogP contribution >= 0.6 is 0 Å². The van der Waals surface area contributed by atoms with Crippen molar-refractivity contribution in [1.29, 1.82) is 0 Å². The van der Waals surface area contributed by atoms with Crippen LogP contribution in [0.1, 0.15) is 45.4 Å². The molecule has 0 aromatic carbocycles. The molecule has 0 spiro atoms. The lowest BCUT2D eigenvalue weighted by atomic mass is 9.81. The van der Waals surface area contributed by atoms with Crippen LogP contribution in [0.25, 0.3) is 0 Å². The van der Waals surface area contributed by atoms with Crippen molar-refractivity contribution in [2.24, 2.45) is 11.0 Å². The van der Waals surface area contributed by atoms with Crippen LogP contribution in [0.4, 0.5) is 0 Å². The second-order valence-electron chi connectivity index (χ2n) is 5.30. The highest BCUT2D eigenvalue weighted by Gasteiger charge is 2.36. The molecule has 0 amide bonds. The maximum atomic E-state index is 11.2. The number of hydrogen-bond donors (Lipinski definition) is 0. The van der Waals surface area contributed by atoms with Gasteiger partial charge in [0.1, 0.15) is 5.71 Å². The molecule has 1 saturated carbocycles. The summed E-state index contributed by atoms with van der Waals surface area (Å²) in [6.45, 7) is 2.02. The fraction of sp³-hybridized carbons (Fsp3) is 0.786. The SMILES string of the molecule is C/C=C/CCCC1CCCC([N+](=O)[O-])C1=NN(C)C. The van der Waals surface area contributed by atoms with E-state index in [0.29, 0.717) is 6.42 Å². The van der Waals surface area contributed by atoms with E-state index in [2.05, 4.69) is 17.3 Å². The summed E-state index contributed by atoms with van der Waals surface area (Å²) in [6, 6.07) is -0.581. The van der Waals surface area contributed by atoms with Crippen molar-refractivity contribution in [2.45, 2.75) is 51.5 Å². The Bertz CT molecular complexity index is 351. The number of hydrogen-bond acceptors (Lipinski definition) is 4. The Kier molecular flexibility index (Phi) is 6.53. The van der Waals surface area contributed by atoms with Gasteiger partial charge in [0.2, 0.25) is 0 Å². The third kappa shape index (κ3) is 5.01. The molecular formula is C14H25N3O2. The number of hydrazone groups is 1. The van der Waals surface area contributed by atoms with Gasteiger partial charge in [-0.1, -0.05) is 12.2 Å². The van der Waals surface area contributed by atoms with Crippen molar-refractivity contribution in [2.75, 3.05) is 14.1 Å². The lowest BCUT2D eigenvalue weighted by Gasteiger charge is -2.27. The van der Waals surface area contributed by atoms with E-state index < -0.39 is 6.04 Å². The molecule has 5 nitrogen and oxygen atoms in total. The number of allylic oxidation sites excluding steroid dienone is 2. The molecule has 0 heterocycles. The smallest absolute Gasteiger partial charge is 0.252 e. The van der Waals surface area contributed by atoms with Crippen molar-refractivity contribution in [3.05, 3.63) is 22.3 Å². The molecule has 0 aliphatic heterocycles. The summed E-state index contributed by atoms with van der Waals surface area (Å²) in [5, 5.41) is 17.3. The summed E-state index contributed by atoms with van der Waals surface area (Å²) in [5.74, 6) is 0.275. The Balaban J connectivity index is 2.72. The van der Waals surface area contributed by atoms with Gasteiger partial charge in [0.05, 0.1) is 0 Å². The first kappa shape index (κ1) is 15.7. The fourth-order valence-corrected chi connectivity index (χ4v) is 2.66. The first-order valence-corrected chi connectivity index (χ1v) is 7.06. The molecule has 0 radical (unpaired) electrons. The molecule has 0 saturated heterocycles. The molecule has 108 valence electrons. The standard InChI is InChI=1S/C14H25N3O2/c1-4-5-6-7-9-12-10-8-11-13(17(18)19)14(12)15-16(2)3/h4-5,12-13H,6-11H2,1-3H3/b5-4+,15-14?. The van der Waals surface area contributed by atoms with Gasteiger partial charge < -0.3 is 5.01 Å². The Morgan fingerprint density at radius 3 is 2.79 bits per heavy atom. The van der Waals surface area contributed by atoms with E-state index in [1.54, 1.807) is 5.01 Å². The van der Waals surface area contributed by atoms with Crippen LogP contribution in [0.2, 0.25) is 0 Å². The van der Waals surface area contributed by atoms with Crippen molar-refractivity contribution in [1.82, 2.24) is 5.01 Å². The van der Waals surface area contributed by atoms with Crippen molar-refractivity contribution in [3.8, 4) is 0 Å². The van der Waals surface area contributed by atoms with Crippen molar-refractivity contribution < 1.29 is 4.92 Å². The summed E-state index contributed by atoms with van der Waals surface area (Å²) < 4.78 is 0. The first-order chi connectivity index (χ1) is 9.06. The average molecular weight is 267 g/mol. The van der Waals surface area contributed by atoms with E-state index in [9.17, 15) is 10.1 Å². The molecule has 1 aliphatic carbocycles. The second-order valence-corrected chi connectivity index (χ2v) is 5.30. The zero-order chi connectivity index (χ0) is 14.3. The molecule has 0 N–H and O–H groups in total. The predicted molar refractivity (Wildman–Crippen MR) is 77.9 cm³/mol. The molecule has 1 fully saturated rings. The second kappa shape index (κ2) is 7.92. The molecule has 2 atom stereocenters. The minimum Gasteiger partial charge on any atom is -0.303 e. The largest absolute Gasteiger partial charge is 0.303 e. The third-order valence-electron chi connectivity index (χ3n) is 3.52. The molecule has 0 aromatic rings. The fourth-order valence-electron chi connectivity index (χ4n) is 2.66. The number of rotatable bonds is 6. The van der Waals surface area contributed by atoms with E-state index in [0.717, 1.165) is 37.8 Å². The van der Waals surface area contributed by atoms with Gasteiger partial charge >= 0.3 is 0 Å². The molecule has 1 aliphatic rings. The Morgan fingerprint density at radius 2 is 2.21 bits per heavy atom. The highest BCUT2D eigenvalue weighted by molar-refractivity contribution is 5.91. The van der Waals surface area contributed by atoms with Gasteiger partial charge in [-0.05, 0) is 39.0 Å².